The molecule has 0 aromatic heterocycles. The smallest absolute Gasteiger partial charge is 0.157 e. The summed E-state index contributed by atoms with van der Waals surface area (Å²) in [5.74, 6) is -0.253. The topological polar surface area (TPSA) is 54.0 Å². The lowest BCUT2D eigenvalue weighted by molar-refractivity contribution is 0.213. The lowest BCUT2D eigenvalue weighted by Crippen LogP contribution is -2.31. The second kappa shape index (κ2) is 2.88. The van der Waals surface area contributed by atoms with E-state index in [9.17, 15) is 13.5 Å². The molecule has 4 heteroatoms. The van der Waals surface area contributed by atoms with E-state index < -0.39 is 21.2 Å². The Bertz CT molecular complexity index is 186. The molecule has 0 bridgehead atoms. The number of hydrogen-bond acceptors (Lipinski definition) is 2. The van der Waals surface area contributed by atoms with Crippen LogP contribution in [0.3, 0.4) is 0 Å². The fourth-order valence-corrected chi connectivity index (χ4v) is 1.25. The Morgan fingerprint density at radius 2 is 1.60 bits per heavy atom. The van der Waals surface area contributed by atoms with E-state index in [0.29, 0.717) is 0 Å². The van der Waals surface area contributed by atoms with Gasteiger partial charge in [0.1, 0.15) is 0 Å². The fraction of sp³-hybridized carbons (Fsp3) is 1.00. The van der Waals surface area contributed by atoms with Gasteiger partial charge in [-0.3, -0.25) is 0 Å². The molecular formula is C6H13O3S. The molecular weight excluding hydrogens is 152 g/mol. The highest BCUT2D eigenvalue weighted by atomic mass is 32.2. The summed E-state index contributed by atoms with van der Waals surface area (Å²) in [6.45, 7) is 4.24. The van der Waals surface area contributed by atoms with Crippen molar-refractivity contribution in [3.8, 4) is 0 Å². The third-order valence-corrected chi connectivity index (χ3v) is 3.86. The molecule has 0 aliphatic heterocycles. The van der Waals surface area contributed by atoms with E-state index in [1.165, 1.54) is 0 Å². The average molecular weight is 165 g/mol. The Morgan fingerprint density at radius 1 is 1.20 bits per heavy atom. The van der Waals surface area contributed by atoms with Crippen LogP contribution in [-0.2, 0) is 14.9 Å². The van der Waals surface area contributed by atoms with Crippen LogP contribution < -0.4 is 0 Å². The van der Waals surface area contributed by atoms with Gasteiger partial charge in [-0.25, -0.2) is 13.5 Å². The zero-order valence-corrected chi connectivity index (χ0v) is 7.36. The van der Waals surface area contributed by atoms with Crippen molar-refractivity contribution < 1.29 is 13.5 Å². The molecule has 0 rings (SSSR count). The molecule has 0 amide bonds. The van der Waals surface area contributed by atoms with Gasteiger partial charge in [-0.2, -0.15) is 0 Å². The van der Waals surface area contributed by atoms with Gasteiger partial charge in [0.25, 0.3) is 0 Å². The molecule has 0 aromatic rings. The van der Waals surface area contributed by atoms with Gasteiger partial charge >= 0.3 is 0 Å². The number of sulfone groups is 1. The predicted molar refractivity (Wildman–Crippen MR) is 39.1 cm³/mol. The van der Waals surface area contributed by atoms with Crippen molar-refractivity contribution in [3.05, 3.63) is 0 Å². The largest absolute Gasteiger partial charge is 0.236 e. The van der Waals surface area contributed by atoms with Gasteiger partial charge in [0, 0.05) is 0 Å². The molecule has 0 unspecified atom stereocenters. The standard InChI is InChI=1S/C6H13O3S/c1-6(2,3)10(8,9)5-4-7/h4-5H2,1-3H3. The first-order valence-electron chi connectivity index (χ1n) is 3.11. The van der Waals surface area contributed by atoms with E-state index in [1.807, 2.05) is 0 Å². The first-order valence-corrected chi connectivity index (χ1v) is 4.77. The van der Waals surface area contributed by atoms with Crippen LogP contribution in [0, 0.1) is 0 Å². The molecule has 0 aliphatic carbocycles. The molecule has 0 spiro atoms. The summed E-state index contributed by atoms with van der Waals surface area (Å²) >= 11 is 0. The van der Waals surface area contributed by atoms with Crippen LogP contribution in [-0.4, -0.2) is 25.5 Å². The summed E-state index contributed by atoms with van der Waals surface area (Å²) in [6, 6.07) is 0. The molecule has 0 aliphatic rings. The van der Waals surface area contributed by atoms with E-state index in [4.69, 9.17) is 0 Å². The van der Waals surface area contributed by atoms with Crippen LogP contribution in [0.15, 0.2) is 0 Å². The van der Waals surface area contributed by atoms with E-state index in [2.05, 4.69) is 0 Å². The van der Waals surface area contributed by atoms with Crippen molar-refractivity contribution in [2.24, 2.45) is 0 Å². The normalized spacial score (nSPS) is 13.6. The van der Waals surface area contributed by atoms with E-state index in [-0.39, 0.29) is 5.75 Å². The third-order valence-electron chi connectivity index (χ3n) is 1.29. The molecule has 0 saturated heterocycles. The Labute approximate surface area is 62.0 Å². The number of hydrogen-bond donors (Lipinski definition) is 0. The summed E-state index contributed by atoms with van der Waals surface area (Å²) in [5, 5.41) is 10.0. The monoisotopic (exact) mass is 165 g/mol. The SMILES string of the molecule is CC(C)(C)S(=O)(=O)CC[O]. The van der Waals surface area contributed by atoms with Gasteiger partial charge in [0.15, 0.2) is 9.84 Å². The highest BCUT2D eigenvalue weighted by molar-refractivity contribution is 7.92. The van der Waals surface area contributed by atoms with Crippen molar-refractivity contribution in [1.82, 2.24) is 0 Å². The van der Waals surface area contributed by atoms with Gasteiger partial charge < -0.3 is 0 Å². The zero-order valence-electron chi connectivity index (χ0n) is 6.55. The molecule has 3 nitrogen and oxygen atoms in total. The lowest BCUT2D eigenvalue weighted by Gasteiger charge is -2.17. The van der Waals surface area contributed by atoms with Gasteiger partial charge in [-0.15, -0.1) is 0 Å². The van der Waals surface area contributed by atoms with Crippen LogP contribution in [0.1, 0.15) is 20.8 Å². The van der Waals surface area contributed by atoms with Crippen molar-refractivity contribution >= 4 is 9.84 Å². The first-order chi connectivity index (χ1) is 4.31. The summed E-state index contributed by atoms with van der Waals surface area (Å²) in [4.78, 5) is 0. The molecule has 0 heterocycles. The molecule has 61 valence electrons. The highest BCUT2D eigenvalue weighted by Crippen LogP contribution is 2.14. The summed E-state index contributed by atoms with van der Waals surface area (Å²) in [5.41, 5.74) is 0. The van der Waals surface area contributed by atoms with Crippen molar-refractivity contribution in [2.75, 3.05) is 12.4 Å². The molecule has 1 radical (unpaired) electrons. The van der Waals surface area contributed by atoms with Crippen LogP contribution in [0.25, 0.3) is 0 Å². The first kappa shape index (κ1) is 9.91. The minimum Gasteiger partial charge on any atom is -0.236 e. The van der Waals surface area contributed by atoms with Crippen molar-refractivity contribution in [2.45, 2.75) is 25.5 Å². The molecule has 0 fully saturated rings. The molecule has 0 N–H and O–H groups in total. The zero-order chi connectivity index (χ0) is 8.41. The molecule has 10 heavy (non-hydrogen) atoms. The van der Waals surface area contributed by atoms with E-state index in [0.717, 1.165) is 0 Å². The van der Waals surface area contributed by atoms with Gasteiger partial charge in [-0.05, 0) is 20.8 Å². The van der Waals surface area contributed by atoms with Gasteiger partial charge in [0.05, 0.1) is 17.1 Å². The number of rotatable bonds is 2. The third kappa shape index (κ3) is 2.27. The summed E-state index contributed by atoms with van der Waals surface area (Å²) < 4.78 is 21.3. The minimum absolute atomic E-state index is 0.253. The van der Waals surface area contributed by atoms with Crippen LogP contribution in [0.4, 0.5) is 0 Å². The fourth-order valence-electron chi connectivity index (χ4n) is 0.416. The Morgan fingerprint density at radius 3 is 1.70 bits per heavy atom. The maximum Gasteiger partial charge on any atom is 0.157 e. The second-order valence-corrected chi connectivity index (χ2v) is 6.00. The van der Waals surface area contributed by atoms with Crippen molar-refractivity contribution in [1.29, 1.82) is 0 Å². The average Bonchev–Trinajstić information content (AvgIpc) is 1.61. The Balaban J connectivity index is 4.44. The summed E-state index contributed by atoms with van der Waals surface area (Å²) in [7, 11) is -3.16. The van der Waals surface area contributed by atoms with Gasteiger partial charge in [0.2, 0.25) is 0 Å². The Kier molecular flexibility index (Phi) is 2.86. The minimum atomic E-state index is -3.16. The molecule has 0 saturated carbocycles. The van der Waals surface area contributed by atoms with E-state index in [1.54, 1.807) is 20.8 Å². The lowest BCUT2D eigenvalue weighted by atomic mass is 10.3. The quantitative estimate of drug-likeness (QED) is 0.602. The van der Waals surface area contributed by atoms with Crippen molar-refractivity contribution in [3.63, 3.8) is 0 Å². The Hall–Kier alpha value is -0.0900. The maximum atomic E-state index is 11.1. The van der Waals surface area contributed by atoms with Crippen LogP contribution >= 0.6 is 0 Å². The van der Waals surface area contributed by atoms with Gasteiger partial charge in [-0.1, -0.05) is 0 Å². The van der Waals surface area contributed by atoms with E-state index >= 15 is 0 Å². The molecule has 0 aromatic carbocycles. The van der Waals surface area contributed by atoms with Crippen LogP contribution in [0.2, 0.25) is 0 Å². The highest BCUT2D eigenvalue weighted by Gasteiger charge is 2.27. The van der Waals surface area contributed by atoms with Crippen LogP contribution in [0.5, 0.6) is 0 Å². The molecule has 0 atom stereocenters. The summed E-state index contributed by atoms with van der Waals surface area (Å²) in [6.07, 6.45) is 0. The second-order valence-electron chi connectivity index (χ2n) is 3.14. The maximum absolute atomic E-state index is 11.1. The predicted octanol–water partition coefficient (Wildman–Crippen LogP) is 0.630.